The molecular formula is C69H41N9. The van der Waals surface area contributed by atoms with Crippen molar-refractivity contribution in [3.05, 3.63) is 246 Å². The molecule has 0 aliphatic rings. The normalized spacial score (nSPS) is 11.3. The number of allylic oxidation sites excluding steroid dienone is 1. The van der Waals surface area contributed by atoms with Gasteiger partial charge in [0.1, 0.15) is 0 Å². The molecule has 0 atom stereocenters. The minimum Gasteiger partial charge on any atom is -0.309 e. The molecule has 13 rings (SSSR count). The van der Waals surface area contributed by atoms with Crippen molar-refractivity contribution in [2.45, 2.75) is 6.92 Å². The van der Waals surface area contributed by atoms with Crippen LogP contribution < -0.4 is 0 Å². The highest BCUT2D eigenvalue weighted by atomic mass is 15.0. The zero-order valence-electron chi connectivity index (χ0n) is 42.0. The molecule has 13 aromatic rings. The van der Waals surface area contributed by atoms with E-state index in [9.17, 15) is 21.0 Å². The van der Waals surface area contributed by atoms with Gasteiger partial charge in [-0.3, -0.25) is 0 Å². The molecule has 362 valence electrons. The summed E-state index contributed by atoms with van der Waals surface area (Å²) in [4.78, 5) is 9.94. The Morgan fingerprint density at radius 2 is 0.795 bits per heavy atom. The highest BCUT2D eigenvalue weighted by Crippen LogP contribution is 2.40. The van der Waals surface area contributed by atoms with Crippen LogP contribution in [-0.4, -0.2) is 23.7 Å². The van der Waals surface area contributed by atoms with Gasteiger partial charge >= 0.3 is 0 Å². The van der Waals surface area contributed by atoms with E-state index in [1.807, 2.05) is 91.9 Å². The maximum absolute atomic E-state index is 9.91. The molecule has 0 aliphatic heterocycles. The van der Waals surface area contributed by atoms with Crippen LogP contribution in [0.1, 0.15) is 40.4 Å². The predicted octanol–water partition coefficient (Wildman–Crippen LogP) is 16.4. The maximum Gasteiger partial charge on any atom is 0.160 e. The van der Waals surface area contributed by atoms with Crippen LogP contribution in [0.3, 0.4) is 0 Å². The third-order valence-corrected chi connectivity index (χ3v) is 14.7. The fourth-order valence-electron chi connectivity index (χ4n) is 11.0. The zero-order chi connectivity index (χ0) is 53.0. The Morgan fingerprint density at radius 3 is 1.35 bits per heavy atom. The van der Waals surface area contributed by atoms with Crippen LogP contribution in [0.5, 0.6) is 0 Å². The fourth-order valence-corrected chi connectivity index (χ4v) is 11.0. The highest BCUT2D eigenvalue weighted by molar-refractivity contribution is 6.13. The number of nitriles is 4. The van der Waals surface area contributed by atoms with Crippen molar-refractivity contribution in [2.24, 2.45) is 0 Å². The fraction of sp³-hybridized carbons (Fsp3) is 0.0145. The molecule has 9 aromatic carbocycles. The summed E-state index contributed by atoms with van der Waals surface area (Å²) >= 11 is 0. The molecule has 0 amide bonds. The first kappa shape index (κ1) is 46.4. The Kier molecular flexibility index (Phi) is 11.2. The Hall–Kier alpha value is -11.4. The van der Waals surface area contributed by atoms with Crippen molar-refractivity contribution in [1.29, 1.82) is 21.0 Å². The minimum absolute atomic E-state index is 0.531. The van der Waals surface area contributed by atoms with Gasteiger partial charge in [-0.1, -0.05) is 85.5 Å². The summed E-state index contributed by atoms with van der Waals surface area (Å²) in [6.07, 6.45) is 5.99. The Morgan fingerprint density at radius 1 is 0.385 bits per heavy atom. The molecule has 4 aromatic heterocycles. The first-order valence-corrected chi connectivity index (χ1v) is 25.3. The van der Waals surface area contributed by atoms with E-state index < -0.39 is 0 Å². The van der Waals surface area contributed by atoms with E-state index in [-0.39, 0.29) is 0 Å². The van der Waals surface area contributed by atoms with Crippen LogP contribution in [0, 0.1) is 45.3 Å². The van der Waals surface area contributed by atoms with Gasteiger partial charge in [0.25, 0.3) is 0 Å². The molecule has 0 radical (unpaired) electrons. The van der Waals surface area contributed by atoms with Crippen LogP contribution in [0.4, 0.5) is 0 Å². The smallest absolute Gasteiger partial charge is 0.160 e. The van der Waals surface area contributed by atoms with Gasteiger partial charge in [0.05, 0.1) is 91.2 Å². The Balaban J connectivity index is 0.931. The van der Waals surface area contributed by atoms with E-state index >= 15 is 0 Å². The summed E-state index contributed by atoms with van der Waals surface area (Å²) in [5, 5.41) is 43.9. The first-order chi connectivity index (χ1) is 38.4. The maximum atomic E-state index is 9.91. The molecule has 0 N–H and O–H groups in total. The van der Waals surface area contributed by atoms with Crippen LogP contribution in [-0.2, 0) is 0 Å². The number of rotatable bonds is 9. The monoisotopic (exact) mass is 995 g/mol. The average Bonchev–Trinajstić information content (AvgIpc) is 4.34. The summed E-state index contributed by atoms with van der Waals surface area (Å²) in [6, 6.07) is 76.1. The minimum atomic E-state index is 0.531. The SMILES string of the molecule is C=Cc1c(/C=C\C)c2cc(C#N)ccc2n1-c1ccc2c(c1)c1cc(-n3c4ccccc4c4cc(C#N)ccc43)ccc1n2-c1ccc(-c2ccc(-c3cc(-c4ccc(C#N)cc4)nc(-c4ccc(C#N)cc4)n3)cc2)cc1. The summed E-state index contributed by atoms with van der Waals surface area (Å²) in [6.45, 7) is 6.27. The topological polar surface area (TPSA) is 136 Å². The van der Waals surface area contributed by atoms with E-state index in [0.717, 1.165) is 122 Å². The first-order valence-electron chi connectivity index (χ1n) is 25.3. The number of fused-ring (bicyclic) bond motifs is 7. The molecule has 0 saturated heterocycles. The van der Waals surface area contributed by atoms with Crippen molar-refractivity contribution in [2.75, 3.05) is 0 Å². The van der Waals surface area contributed by atoms with Crippen LogP contribution in [0.15, 0.2) is 213 Å². The molecule has 0 spiro atoms. The lowest BCUT2D eigenvalue weighted by Gasteiger charge is -2.12. The third kappa shape index (κ3) is 7.68. The molecular weight excluding hydrogens is 955 g/mol. The van der Waals surface area contributed by atoms with E-state index in [1.54, 1.807) is 24.3 Å². The second-order valence-electron chi connectivity index (χ2n) is 19.1. The molecule has 0 bridgehead atoms. The van der Waals surface area contributed by atoms with Crippen molar-refractivity contribution >= 4 is 66.7 Å². The number of benzene rings is 9. The van der Waals surface area contributed by atoms with Crippen LogP contribution >= 0.6 is 0 Å². The molecule has 4 heterocycles. The molecule has 0 fully saturated rings. The van der Waals surface area contributed by atoms with Gasteiger partial charge in [-0.2, -0.15) is 21.0 Å². The Labute approximate surface area is 448 Å². The quantitative estimate of drug-likeness (QED) is 0.141. The van der Waals surface area contributed by atoms with Gasteiger partial charge in [0.2, 0.25) is 0 Å². The molecule has 9 nitrogen and oxygen atoms in total. The van der Waals surface area contributed by atoms with Gasteiger partial charge in [-0.05, 0) is 158 Å². The largest absolute Gasteiger partial charge is 0.309 e. The highest BCUT2D eigenvalue weighted by Gasteiger charge is 2.21. The van der Waals surface area contributed by atoms with Gasteiger partial charge in [0.15, 0.2) is 5.82 Å². The zero-order valence-corrected chi connectivity index (χ0v) is 42.0. The average molecular weight is 996 g/mol. The lowest BCUT2D eigenvalue weighted by Crippen LogP contribution is -1.98. The van der Waals surface area contributed by atoms with E-state index in [0.29, 0.717) is 28.1 Å². The van der Waals surface area contributed by atoms with E-state index in [1.165, 1.54) is 0 Å². The van der Waals surface area contributed by atoms with E-state index in [2.05, 4.69) is 154 Å². The summed E-state index contributed by atoms with van der Waals surface area (Å²) < 4.78 is 6.85. The summed E-state index contributed by atoms with van der Waals surface area (Å²) in [5.74, 6) is 0.531. The summed E-state index contributed by atoms with van der Waals surface area (Å²) in [5.41, 5.74) is 18.5. The van der Waals surface area contributed by atoms with Gasteiger partial charge in [-0.15, -0.1) is 0 Å². The number of aromatic nitrogens is 5. The van der Waals surface area contributed by atoms with Crippen LogP contribution in [0.25, 0.3) is 129 Å². The van der Waals surface area contributed by atoms with Gasteiger partial charge in [0, 0.05) is 66.2 Å². The van der Waals surface area contributed by atoms with Crippen molar-refractivity contribution in [3.63, 3.8) is 0 Å². The number of nitrogens with zero attached hydrogens (tertiary/aromatic N) is 9. The van der Waals surface area contributed by atoms with Crippen molar-refractivity contribution < 1.29 is 0 Å². The van der Waals surface area contributed by atoms with E-state index in [4.69, 9.17) is 9.97 Å². The second-order valence-corrected chi connectivity index (χ2v) is 19.1. The lowest BCUT2D eigenvalue weighted by molar-refractivity contribution is 1.11. The number of hydrogen-bond acceptors (Lipinski definition) is 6. The summed E-state index contributed by atoms with van der Waals surface area (Å²) in [7, 11) is 0. The number of hydrogen-bond donors (Lipinski definition) is 0. The van der Waals surface area contributed by atoms with Gasteiger partial charge < -0.3 is 13.7 Å². The van der Waals surface area contributed by atoms with Crippen molar-refractivity contribution in [1.82, 2.24) is 23.7 Å². The van der Waals surface area contributed by atoms with Crippen molar-refractivity contribution in [3.8, 4) is 86.4 Å². The molecule has 0 unspecified atom stereocenters. The standard InChI is InChI=1S/C69H41N9/c1-3-7-55-57-34-45(41-72)14-30-65(57)77(63(55)4-2)53-28-32-67-59(36-53)60-37-54(78-64-9-6-5-8-56(64)58-35-46(42-73)15-31-66(58)78)29-33-68(60)76(67)52-26-24-48(25-27-52)47-20-22-50(23-21-47)62-38-61(49-16-10-43(39-70)11-17-49)74-69(75-62)51-18-12-44(40-71)13-19-51/h3-38H,2H2,1H3/b7-3-. The van der Waals surface area contributed by atoms with Gasteiger partial charge in [-0.25, -0.2) is 9.97 Å². The van der Waals surface area contributed by atoms with Crippen LogP contribution in [0.2, 0.25) is 0 Å². The molecule has 0 saturated carbocycles. The lowest BCUT2D eigenvalue weighted by atomic mass is 10.0. The predicted molar refractivity (Wildman–Crippen MR) is 313 cm³/mol. The Bertz CT molecular complexity index is 4750. The number of para-hydroxylation sites is 1. The molecule has 9 heteroatoms. The molecule has 78 heavy (non-hydrogen) atoms. The molecule has 0 aliphatic carbocycles. The second kappa shape index (κ2) is 18.8. The third-order valence-electron chi connectivity index (χ3n) is 14.7.